The number of benzene rings is 2. The van der Waals surface area contributed by atoms with Crippen molar-refractivity contribution < 1.29 is 9.59 Å². The van der Waals surface area contributed by atoms with Crippen LogP contribution in [0.2, 0.25) is 5.02 Å². The fraction of sp³-hybridized carbons (Fsp3) is 0.150. The minimum Gasteiger partial charge on any atom is -0.326 e. The van der Waals surface area contributed by atoms with Crippen LogP contribution in [0.1, 0.15) is 6.42 Å². The second kappa shape index (κ2) is 7.25. The van der Waals surface area contributed by atoms with Gasteiger partial charge in [0.1, 0.15) is 5.82 Å². The normalized spacial score (nSPS) is 15.7. The Morgan fingerprint density at radius 3 is 2.67 bits per heavy atom. The van der Waals surface area contributed by atoms with Gasteiger partial charge in [-0.2, -0.15) is 5.10 Å². The molecule has 6 nitrogen and oxygen atoms in total. The largest absolute Gasteiger partial charge is 0.326 e. The third kappa shape index (κ3) is 3.71. The number of anilines is 2. The SMILES string of the molecule is O=C(C[C@H]1Cn2ncc(-c3ccc(Cl)cc3)c2NC1=O)Nc1ccccc1. The lowest BCUT2D eigenvalue weighted by atomic mass is 10.0. The van der Waals surface area contributed by atoms with E-state index in [9.17, 15) is 9.59 Å². The van der Waals surface area contributed by atoms with Gasteiger partial charge in [-0.1, -0.05) is 41.9 Å². The minimum absolute atomic E-state index is 0.0936. The van der Waals surface area contributed by atoms with E-state index in [-0.39, 0.29) is 18.2 Å². The highest BCUT2D eigenvalue weighted by molar-refractivity contribution is 6.30. The molecule has 1 aromatic heterocycles. The van der Waals surface area contributed by atoms with Gasteiger partial charge in [0.25, 0.3) is 0 Å². The quantitative estimate of drug-likeness (QED) is 0.722. The maximum atomic E-state index is 12.5. The Labute approximate surface area is 161 Å². The Hall–Kier alpha value is -3.12. The van der Waals surface area contributed by atoms with Crippen LogP contribution in [0.15, 0.2) is 60.8 Å². The van der Waals surface area contributed by atoms with E-state index in [2.05, 4.69) is 15.7 Å². The number of fused-ring (bicyclic) bond motifs is 1. The molecule has 2 amide bonds. The van der Waals surface area contributed by atoms with E-state index < -0.39 is 5.92 Å². The summed E-state index contributed by atoms with van der Waals surface area (Å²) in [6, 6.07) is 16.5. The predicted molar refractivity (Wildman–Crippen MR) is 104 cm³/mol. The van der Waals surface area contributed by atoms with E-state index in [1.54, 1.807) is 23.0 Å². The van der Waals surface area contributed by atoms with Crippen molar-refractivity contribution in [2.45, 2.75) is 13.0 Å². The molecule has 2 aromatic carbocycles. The van der Waals surface area contributed by atoms with Gasteiger partial charge in [0.05, 0.1) is 18.7 Å². The van der Waals surface area contributed by atoms with E-state index in [0.29, 0.717) is 23.1 Å². The lowest BCUT2D eigenvalue weighted by Gasteiger charge is -2.24. The highest BCUT2D eigenvalue weighted by Crippen LogP contribution is 2.32. The fourth-order valence-corrected chi connectivity index (χ4v) is 3.25. The molecule has 0 spiro atoms. The molecule has 0 bridgehead atoms. The smallest absolute Gasteiger partial charge is 0.231 e. The zero-order valence-corrected chi connectivity index (χ0v) is 15.1. The van der Waals surface area contributed by atoms with E-state index in [4.69, 9.17) is 11.6 Å². The number of hydrogen-bond donors (Lipinski definition) is 2. The molecule has 0 radical (unpaired) electrons. The van der Waals surface area contributed by atoms with Gasteiger partial charge in [0.15, 0.2) is 0 Å². The van der Waals surface area contributed by atoms with Gasteiger partial charge >= 0.3 is 0 Å². The number of nitrogens with one attached hydrogen (secondary N) is 2. The first-order chi connectivity index (χ1) is 13.1. The molecular formula is C20H17ClN4O2. The molecule has 1 aliphatic rings. The average Bonchev–Trinajstić information content (AvgIpc) is 3.06. The number of carbonyl (C=O) groups is 2. The second-order valence-corrected chi connectivity index (χ2v) is 6.84. The average molecular weight is 381 g/mol. The van der Waals surface area contributed by atoms with Crippen LogP contribution in [0.25, 0.3) is 11.1 Å². The molecule has 1 aliphatic heterocycles. The third-order valence-electron chi connectivity index (χ3n) is 4.49. The zero-order chi connectivity index (χ0) is 18.8. The molecule has 0 saturated carbocycles. The van der Waals surface area contributed by atoms with Crippen molar-refractivity contribution >= 4 is 34.9 Å². The van der Waals surface area contributed by atoms with Crippen LogP contribution in [0.4, 0.5) is 11.5 Å². The summed E-state index contributed by atoms with van der Waals surface area (Å²) in [4.78, 5) is 24.8. The molecular weight excluding hydrogens is 364 g/mol. The molecule has 1 atom stereocenters. The first-order valence-electron chi connectivity index (χ1n) is 8.57. The highest BCUT2D eigenvalue weighted by Gasteiger charge is 2.30. The Balaban J connectivity index is 1.48. The van der Waals surface area contributed by atoms with Gasteiger partial charge in [0.2, 0.25) is 11.8 Å². The van der Waals surface area contributed by atoms with Gasteiger partial charge in [-0.25, -0.2) is 4.68 Å². The summed E-state index contributed by atoms with van der Waals surface area (Å²) in [5, 5.41) is 10.7. The maximum absolute atomic E-state index is 12.5. The fourth-order valence-electron chi connectivity index (χ4n) is 3.12. The van der Waals surface area contributed by atoms with Gasteiger partial charge in [-0.05, 0) is 29.8 Å². The van der Waals surface area contributed by atoms with Crippen LogP contribution in [-0.4, -0.2) is 21.6 Å². The van der Waals surface area contributed by atoms with Gasteiger partial charge < -0.3 is 10.6 Å². The molecule has 0 fully saturated rings. The zero-order valence-electron chi connectivity index (χ0n) is 14.4. The van der Waals surface area contributed by atoms with Crippen molar-refractivity contribution in [2.75, 3.05) is 10.6 Å². The number of amides is 2. The lowest BCUT2D eigenvalue weighted by Crippen LogP contribution is -2.36. The number of hydrogen-bond acceptors (Lipinski definition) is 3. The van der Waals surface area contributed by atoms with Crippen molar-refractivity contribution in [1.29, 1.82) is 0 Å². The van der Waals surface area contributed by atoms with Crippen molar-refractivity contribution in [3.8, 4) is 11.1 Å². The first-order valence-corrected chi connectivity index (χ1v) is 8.95. The highest BCUT2D eigenvalue weighted by atomic mass is 35.5. The number of rotatable bonds is 4. The van der Waals surface area contributed by atoms with Crippen LogP contribution in [0.3, 0.4) is 0 Å². The molecule has 2 heterocycles. The van der Waals surface area contributed by atoms with Crippen molar-refractivity contribution in [3.63, 3.8) is 0 Å². The Morgan fingerprint density at radius 2 is 1.93 bits per heavy atom. The third-order valence-corrected chi connectivity index (χ3v) is 4.74. The van der Waals surface area contributed by atoms with Gasteiger partial charge in [-0.15, -0.1) is 0 Å². The Kier molecular flexibility index (Phi) is 4.64. The van der Waals surface area contributed by atoms with E-state index in [1.807, 2.05) is 42.5 Å². The predicted octanol–water partition coefficient (Wildman–Crippen LogP) is 3.80. The van der Waals surface area contributed by atoms with Crippen LogP contribution < -0.4 is 10.6 Å². The molecule has 0 aliphatic carbocycles. The number of nitrogens with zero attached hydrogens (tertiary/aromatic N) is 2. The summed E-state index contributed by atoms with van der Waals surface area (Å²) in [7, 11) is 0. The summed E-state index contributed by atoms with van der Waals surface area (Å²) in [6.45, 7) is 0.358. The van der Waals surface area contributed by atoms with Crippen LogP contribution in [0.5, 0.6) is 0 Å². The molecule has 3 aromatic rings. The molecule has 27 heavy (non-hydrogen) atoms. The second-order valence-electron chi connectivity index (χ2n) is 6.40. The van der Waals surface area contributed by atoms with Crippen molar-refractivity contribution in [2.24, 2.45) is 5.92 Å². The van der Waals surface area contributed by atoms with E-state index >= 15 is 0 Å². The van der Waals surface area contributed by atoms with Crippen molar-refractivity contribution in [1.82, 2.24) is 9.78 Å². The first kappa shape index (κ1) is 17.3. The maximum Gasteiger partial charge on any atom is 0.231 e. The topological polar surface area (TPSA) is 76.0 Å². The molecule has 136 valence electrons. The summed E-state index contributed by atoms with van der Waals surface area (Å²) >= 11 is 5.94. The van der Waals surface area contributed by atoms with Crippen molar-refractivity contribution in [3.05, 3.63) is 65.8 Å². The molecule has 0 unspecified atom stereocenters. The molecule has 7 heteroatoms. The van der Waals surface area contributed by atoms with E-state index in [1.165, 1.54) is 0 Å². The van der Waals surface area contributed by atoms with Crippen LogP contribution in [-0.2, 0) is 16.1 Å². The molecule has 2 N–H and O–H groups in total. The van der Waals surface area contributed by atoms with Crippen LogP contribution >= 0.6 is 11.6 Å². The van der Waals surface area contributed by atoms with Gasteiger partial charge in [-0.3, -0.25) is 9.59 Å². The Bertz CT molecular complexity index is 983. The standard InChI is InChI=1S/C20H17ClN4O2/c21-15-8-6-13(7-9-15)17-11-22-25-12-14(20(27)24-19(17)25)10-18(26)23-16-4-2-1-3-5-16/h1-9,11,14H,10,12H2,(H,23,26)(H,24,27)/t14-/m0/s1. The van der Waals surface area contributed by atoms with Crippen LogP contribution in [0, 0.1) is 5.92 Å². The number of carbonyl (C=O) groups excluding carboxylic acids is 2. The van der Waals surface area contributed by atoms with Gasteiger partial charge in [0, 0.05) is 22.7 Å². The summed E-state index contributed by atoms with van der Waals surface area (Å²) < 4.78 is 1.73. The summed E-state index contributed by atoms with van der Waals surface area (Å²) in [5.74, 6) is -0.211. The minimum atomic E-state index is -0.473. The molecule has 0 saturated heterocycles. The molecule has 4 rings (SSSR count). The van der Waals surface area contributed by atoms with E-state index in [0.717, 1.165) is 11.1 Å². The summed E-state index contributed by atoms with van der Waals surface area (Å²) in [6.07, 6.45) is 1.81. The number of para-hydroxylation sites is 1. The summed E-state index contributed by atoms with van der Waals surface area (Å²) in [5.41, 5.74) is 2.46. The number of halogens is 1. The monoisotopic (exact) mass is 380 g/mol. The lowest BCUT2D eigenvalue weighted by molar-refractivity contribution is -0.125. The Morgan fingerprint density at radius 1 is 1.19 bits per heavy atom. The number of aromatic nitrogens is 2.